The lowest BCUT2D eigenvalue weighted by atomic mass is 10.2. The highest BCUT2D eigenvalue weighted by molar-refractivity contribution is 5.72. The van der Waals surface area contributed by atoms with Gasteiger partial charge in [-0.2, -0.15) is 4.98 Å². The van der Waals surface area contributed by atoms with E-state index in [1.54, 1.807) is 48.1 Å². The van der Waals surface area contributed by atoms with E-state index < -0.39 is 11.2 Å². The van der Waals surface area contributed by atoms with Crippen molar-refractivity contribution in [3.8, 4) is 6.01 Å². The van der Waals surface area contributed by atoms with Gasteiger partial charge < -0.3 is 9.84 Å². The summed E-state index contributed by atoms with van der Waals surface area (Å²) in [6.45, 7) is 2.74. The predicted octanol–water partition coefficient (Wildman–Crippen LogP) is 1.50. The standard InChI is InChI=1S/C23H24FN5O4/c1-2-33-22-26-20-19(28(22)14-16-4-6-18(24)7-5-16)21(31)27(12-3-13-30)23(32)29(20)15-17-8-10-25-11-9-17/h4-11,30H,2-3,12-15H2,1H3/p+1. The van der Waals surface area contributed by atoms with Crippen molar-refractivity contribution in [3.05, 3.63) is 86.6 Å². The van der Waals surface area contributed by atoms with Crippen LogP contribution >= 0.6 is 0 Å². The van der Waals surface area contributed by atoms with Gasteiger partial charge in [0.15, 0.2) is 11.2 Å². The van der Waals surface area contributed by atoms with Crippen LogP contribution in [0.3, 0.4) is 0 Å². The van der Waals surface area contributed by atoms with Crippen molar-refractivity contribution < 1.29 is 14.2 Å². The van der Waals surface area contributed by atoms with Gasteiger partial charge >= 0.3 is 5.69 Å². The molecule has 0 aliphatic heterocycles. The summed E-state index contributed by atoms with van der Waals surface area (Å²) >= 11 is 0. The zero-order valence-corrected chi connectivity index (χ0v) is 18.2. The molecule has 33 heavy (non-hydrogen) atoms. The minimum Gasteiger partial charge on any atom is -0.465 e. The monoisotopic (exact) mass is 454 g/mol. The molecule has 0 bridgehead atoms. The van der Waals surface area contributed by atoms with Crippen LogP contribution < -0.4 is 16.0 Å². The maximum Gasteiger partial charge on any atom is 0.333 e. The lowest BCUT2D eigenvalue weighted by molar-refractivity contribution is 0.277. The molecule has 0 spiro atoms. The highest BCUT2D eigenvalue weighted by Gasteiger charge is 2.23. The number of imidazole rings is 1. The van der Waals surface area contributed by atoms with E-state index in [1.165, 1.54) is 16.7 Å². The molecule has 0 radical (unpaired) electrons. The first-order valence-electron chi connectivity index (χ1n) is 10.7. The number of nitrogens with zero attached hydrogens (tertiary/aromatic N) is 5. The van der Waals surface area contributed by atoms with Crippen LogP contribution in [0.15, 0.2) is 58.4 Å². The largest absolute Gasteiger partial charge is 0.465 e. The minimum absolute atomic E-state index is 0.0906. The van der Waals surface area contributed by atoms with E-state index in [2.05, 4.69) is 9.97 Å². The Morgan fingerprint density at radius 2 is 1.64 bits per heavy atom. The van der Waals surface area contributed by atoms with Gasteiger partial charge in [-0.05, 0) is 42.3 Å². The van der Waals surface area contributed by atoms with Crippen molar-refractivity contribution in [3.63, 3.8) is 0 Å². The second-order valence-corrected chi connectivity index (χ2v) is 7.50. The van der Waals surface area contributed by atoms with Gasteiger partial charge in [-0.15, -0.1) is 0 Å². The zero-order chi connectivity index (χ0) is 23.4. The van der Waals surface area contributed by atoms with E-state index in [0.717, 1.165) is 15.7 Å². The van der Waals surface area contributed by atoms with Gasteiger partial charge in [-0.25, -0.2) is 9.18 Å². The number of benzene rings is 1. The number of hydrogen-bond donors (Lipinski definition) is 0. The van der Waals surface area contributed by atoms with Gasteiger partial charge in [0.1, 0.15) is 12.4 Å². The third kappa shape index (κ3) is 4.56. The second kappa shape index (κ2) is 9.78. The van der Waals surface area contributed by atoms with Gasteiger partial charge in [0.2, 0.25) is 0 Å². The molecule has 10 heteroatoms. The maximum absolute atomic E-state index is 13.4. The van der Waals surface area contributed by atoms with Crippen molar-refractivity contribution in [2.45, 2.75) is 33.0 Å². The number of halogens is 1. The van der Waals surface area contributed by atoms with Crippen LogP contribution in [0.1, 0.15) is 24.5 Å². The van der Waals surface area contributed by atoms with Crippen LogP contribution in [0.4, 0.5) is 4.39 Å². The fourth-order valence-corrected chi connectivity index (χ4v) is 3.68. The molecular formula is C23H25FN5O4+. The van der Waals surface area contributed by atoms with Gasteiger partial charge in [0.05, 0.1) is 19.7 Å². The van der Waals surface area contributed by atoms with Crippen molar-refractivity contribution >= 4 is 11.2 Å². The third-order valence-electron chi connectivity index (χ3n) is 5.26. The summed E-state index contributed by atoms with van der Waals surface area (Å²) in [6.07, 6.45) is 3.62. The quantitative estimate of drug-likeness (QED) is 0.356. The SMILES string of the molecule is CCOc1nc2c(c(=O)n(CCC[OH2+])c(=O)n2Cc2ccncc2)n1Cc1ccc(F)cc1. The summed E-state index contributed by atoms with van der Waals surface area (Å²) in [5.41, 5.74) is 1.03. The van der Waals surface area contributed by atoms with E-state index in [0.29, 0.717) is 13.0 Å². The lowest BCUT2D eigenvalue weighted by Crippen LogP contribution is -2.41. The number of fused-ring (bicyclic) bond motifs is 1. The Morgan fingerprint density at radius 1 is 0.970 bits per heavy atom. The zero-order valence-electron chi connectivity index (χ0n) is 18.2. The molecule has 3 heterocycles. The van der Waals surface area contributed by atoms with Crippen molar-refractivity contribution in [2.24, 2.45) is 0 Å². The average molecular weight is 454 g/mol. The van der Waals surface area contributed by atoms with Crippen molar-refractivity contribution in [1.82, 2.24) is 23.7 Å². The van der Waals surface area contributed by atoms with Gasteiger partial charge in [0.25, 0.3) is 11.6 Å². The molecule has 0 aliphatic carbocycles. The molecule has 172 valence electrons. The first-order valence-corrected chi connectivity index (χ1v) is 10.7. The Bertz CT molecular complexity index is 1360. The van der Waals surface area contributed by atoms with Crippen molar-refractivity contribution in [1.29, 1.82) is 0 Å². The Kier molecular flexibility index (Phi) is 6.64. The Balaban J connectivity index is 1.96. The summed E-state index contributed by atoms with van der Waals surface area (Å²) < 4.78 is 23.3. The number of ether oxygens (including phenoxy) is 1. The van der Waals surface area contributed by atoms with Crippen LogP contribution in [0, 0.1) is 5.82 Å². The molecule has 0 atom stereocenters. The van der Waals surface area contributed by atoms with Crippen molar-refractivity contribution in [2.75, 3.05) is 13.2 Å². The number of hydrogen-bond acceptors (Lipinski definition) is 5. The summed E-state index contributed by atoms with van der Waals surface area (Å²) in [7, 11) is 0. The molecule has 1 aromatic carbocycles. The van der Waals surface area contributed by atoms with Crippen LogP contribution in [-0.4, -0.2) is 42.0 Å². The fourth-order valence-electron chi connectivity index (χ4n) is 3.68. The number of aromatic nitrogens is 5. The normalized spacial score (nSPS) is 11.2. The minimum atomic E-state index is -0.493. The Hall–Kier alpha value is -3.79. The molecule has 9 nitrogen and oxygen atoms in total. The third-order valence-corrected chi connectivity index (χ3v) is 5.26. The predicted molar refractivity (Wildman–Crippen MR) is 121 cm³/mol. The molecule has 2 N–H and O–H groups in total. The lowest BCUT2D eigenvalue weighted by Gasteiger charge is -2.12. The summed E-state index contributed by atoms with van der Waals surface area (Å²) in [4.78, 5) is 35.3. The highest BCUT2D eigenvalue weighted by Crippen LogP contribution is 2.21. The molecule has 4 aromatic rings. The van der Waals surface area contributed by atoms with Crippen LogP contribution in [0.5, 0.6) is 6.01 Å². The van der Waals surface area contributed by atoms with Crippen LogP contribution in [-0.2, 0) is 19.6 Å². The van der Waals surface area contributed by atoms with Gasteiger partial charge in [-0.3, -0.25) is 23.5 Å². The Morgan fingerprint density at radius 3 is 2.30 bits per heavy atom. The average Bonchev–Trinajstić information content (AvgIpc) is 3.17. The van der Waals surface area contributed by atoms with Gasteiger partial charge in [-0.1, -0.05) is 12.1 Å². The fraction of sp³-hybridized carbons (Fsp3) is 0.304. The number of pyridine rings is 1. The second-order valence-electron chi connectivity index (χ2n) is 7.50. The molecule has 0 fully saturated rings. The summed E-state index contributed by atoms with van der Waals surface area (Å²) in [5, 5.41) is 7.46. The first-order chi connectivity index (χ1) is 16.0. The molecular weight excluding hydrogens is 429 g/mol. The van der Waals surface area contributed by atoms with E-state index in [4.69, 9.17) is 9.84 Å². The molecule has 3 aromatic heterocycles. The van der Waals surface area contributed by atoms with Crippen LogP contribution in [0.2, 0.25) is 0 Å². The molecule has 0 saturated carbocycles. The molecule has 0 aliphatic rings. The smallest absolute Gasteiger partial charge is 0.333 e. The molecule has 0 unspecified atom stereocenters. The maximum atomic E-state index is 13.4. The van der Waals surface area contributed by atoms with Crippen LogP contribution in [0.25, 0.3) is 11.2 Å². The molecule has 0 saturated heterocycles. The van der Waals surface area contributed by atoms with E-state index in [1.807, 2.05) is 0 Å². The van der Waals surface area contributed by atoms with Gasteiger partial charge in [0, 0.05) is 25.4 Å². The van der Waals surface area contributed by atoms with E-state index in [-0.39, 0.29) is 49.2 Å². The van der Waals surface area contributed by atoms with E-state index in [9.17, 15) is 14.0 Å². The summed E-state index contributed by atoms with van der Waals surface area (Å²) in [5.74, 6) is -0.358. The first kappa shape index (κ1) is 22.4. The molecule has 0 amide bonds. The Labute approximate surface area is 188 Å². The summed E-state index contributed by atoms with van der Waals surface area (Å²) in [6, 6.07) is 9.73. The number of rotatable bonds is 9. The molecule has 4 rings (SSSR count). The van der Waals surface area contributed by atoms with E-state index >= 15 is 0 Å². The topological polar surface area (TPSA) is 107 Å². The highest BCUT2D eigenvalue weighted by atomic mass is 19.1.